The number of imidazole rings is 1. The third-order valence-electron chi connectivity index (χ3n) is 10.4. The average Bonchev–Trinajstić information content (AvgIpc) is 3.49. The number of fused-ring (bicyclic) bond motifs is 1. The fourth-order valence-corrected chi connectivity index (χ4v) is 6.85. The topological polar surface area (TPSA) is 50.9 Å². The van der Waals surface area contributed by atoms with E-state index in [4.69, 9.17) is 4.98 Å². The zero-order chi connectivity index (χ0) is 39.5. The molecule has 0 aliphatic carbocycles. The molecule has 288 valence electrons. The normalized spacial score (nSPS) is 12.4. The molecule has 0 atom stereocenters. The summed E-state index contributed by atoms with van der Waals surface area (Å²) in [6.45, 7) is 34.7. The first-order valence-corrected chi connectivity index (χ1v) is 18.9. The number of hydrogen-bond donors (Lipinski definition) is 1. The molecule has 4 aromatic carbocycles. The van der Waals surface area contributed by atoms with Crippen molar-refractivity contribution in [2.24, 2.45) is 0 Å². The quantitative estimate of drug-likeness (QED) is 0.134. The fourth-order valence-electron chi connectivity index (χ4n) is 6.85. The molecule has 0 fully saturated rings. The number of rotatable bonds is 6. The molecule has 2 heterocycles. The molecule has 0 aliphatic heterocycles. The van der Waals surface area contributed by atoms with Crippen LogP contribution in [0.5, 0.6) is 5.75 Å². The predicted molar refractivity (Wildman–Crippen MR) is 230 cm³/mol. The maximum absolute atomic E-state index is 12.3. The van der Waals surface area contributed by atoms with E-state index in [9.17, 15) is 5.11 Å². The second-order valence-electron chi connectivity index (χ2n) is 18.8. The van der Waals surface area contributed by atoms with Crippen LogP contribution in [0, 0.1) is 6.07 Å². The van der Waals surface area contributed by atoms with Gasteiger partial charge < -0.3 is 5.11 Å². The van der Waals surface area contributed by atoms with E-state index in [1.54, 1.807) is 12.3 Å². The molecule has 4 nitrogen and oxygen atoms in total. The SMILES string of the molecule is C=CC(=C)c1ccnc(-c2[c-]c(-c3cccc4c3nc(-c3cc(C(C)(C)C)cc(C(C)(C)C)c3O)n4-c3cc(C(C)(C)C)cc(C(C)(C)C)c3)ccc2)c1.[Pt]. The fraction of sp³-hybridized carbons (Fsp3) is 0.320. The third-order valence-corrected chi connectivity index (χ3v) is 10.4. The molecule has 55 heavy (non-hydrogen) atoms. The first kappa shape index (κ1) is 41.6. The van der Waals surface area contributed by atoms with Crippen LogP contribution in [0.3, 0.4) is 0 Å². The molecule has 0 spiro atoms. The molecule has 6 rings (SSSR count). The van der Waals surface area contributed by atoms with Crippen LogP contribution >= 0.6 is 0 Å². The number of aromatic nitrogens is 3. The summed E-state index contributed by atoms with van der Waals surface area (Å²) >= 11 is 0. The van der Waals surface area contributed by atoms with Gasteiger partial charge in [-0.15, -0.1) is 29.8 Å². The van der Waals surface area contributed by atoms with Gasteiger partial charge in [-0.2, -0.15) is 0 Å². The Bertz CT molecular complexity index is 2390. The van der Waals surface area contributed by atoms with Crippen molar-refractivity contribution < 1.29 is 26.2 Å². The second-order valence-corrected chi connectivity index (χ2v) is 18.8. The summed E-state index contributed by atoms with van der Waals surface area (Å²) in [5, 5.41) is 12.3. The Morgan fingerprint density at radius 2 is 1.27 bits per heavy atom. The molecule has 0 aliphatic rings. The molecule has 0 unspecified atom stereocenters. The number of phenols is 1. The maximum atomic E-state index is 12.3. The van der Waals surface area contributed by atoms with Crippen LogP contribution in [-0.4, -0.2) is 19.6 Å². The Balaban J connectivity index is 0.00000580. The molecule has 0 bridgehead atoms. The second kappa shape index (κ2) is 14.8. The van der Waals surface area contributed by atoms with E-state index in [2.05, 4.69) is 166 Å². The first-order chi connectivity index (χ1) is 25.1. The monoisotopic (exact) mass is 909 g/mol. The van der Waals surface area contributed by atoms with Crippen molar-refractivity contribution in [2.75, 3.05) is 0 Å². The van der Waals surface area contributed by atoms with E-state index in [1.807, 2.05) is 24.3 Å². The smallest absolute Gasteiger partial charge is 0.148 e. The summed E-state index contributed by atoms with van der Waals surface area (Å²) in [7, 11) is 0. The predicted octanol–water partition coefficient (Wildman–Crippen LogP) is 13.3. The maximum Gasteiger partial charge on any atom is 0.148 e. The van der Waals surface area contributed by atoms with E-state index in [-0.39, 0.29) is 48.5 Å². The number of benzene rings is 4. The summed E-state index contributed by atoms with van der Waals surface area (Å²) in [5.74, 6) is 0.961. The number of nitrogens with zero attached hydrogens (tertiary/aromatic N) is 3. The first-order valence-electron chi connectivity index (χ1n) is 18.9. The van der Waals surface area contributed by atoms with Crippen LogP contribution in [0.15, 0.2) is 104 Å². The Labute approximate surface area is 343 Å². The average molecular weight is 910 g/mol. The molecule has 0 saturated carbocycles. The van der Waals surface area contributed by atoms with E-state index in [0.29, 0.717) is 11.4 Å². The minimum absolute atomic E-state index is 0. The number of allylic oxidation sites excluding steroid dienone is 2. The van der Waals surface area contributed by atoms with Gasteiger partial charge in [-0.25, -0.2) is 4.98 Å². The zero-order valence-electron chi connectivity index (χ0n) is 34.7. The van der Waals surface area contributed by atoms with Gasteiger partial charge >= 0.3 is 0 Å². The molecular formula is C50H56N3OPt-. The van der Waals surface area contributed by atoms with Crippen LogP contribution in [0.25, 0.3) is 56.1 Å². The summed E-state index contributed by atoms with van der Waals surface area (Å²) in [6, 6.07) is 31.4. The molecule has 0 amide bonds. The van der Waals surface area contributed by atoms with Gasteiger partial charge in [0.2, 0.25) is 0 Å². The van der Waals surface area contributed by atoms with Gasteiger partial charge in [0.15, 0.2) is 0 Å². The number of para-hydroxylation sites is 1. The Kier molecular flexibility index (Phi) is 11.2. The standard InChI is InChI=1S/C50H56N3O.Pt/c1-15-31(2)32-22-23-51-42(25-32)34-19-16-18-33(24-34)39-20-17-21-43-44(39)52-46(40-29-37(49(9,10)11)30-41(45(40)54)50(12,13)14)53(43)38-27-35(47(3,4)5)26-36(28-38)48(6,7)8;/h15-23,25-30,54H,1-2H2,3-14H3;/q-1;. The van der Waals surface area contributed by atoms with Gasteiger partial charge in [-0.1, -0.05) is 144 Å². The van der Waals surface area contributed by atoms with Crippen molar-refractivity contribution in [3.8, 4) is 45.2 Å². The van der Waals surface area contributed by atoms with E-state index in [0.717, 1.165) is 61.4 Å². The van der Waals surface area contributed by atoms with Gasteiger partial charge in [0.1, 0.15) is 11.6 Å². The van der Waals surface area contributed by atoms with Crippen molar-refractivity contribution in [1.82, 2.24) is 14.5 Å². The van der Waals surface area contributed by atoms with Crippen molar-refractivity contribution in [1.29, 1.82) is 0 Å². The molecule has 1 N–H and O–H groups in total. The molecule has 2 aromatic heterocycles. The van der Waals surface area contributed by atoms with E-state index >= 15 is 0 Å². The Morgan fingerprint density at radius 3 is 1.85 bits per heavy atom. The minimum atomic E-state index is -0.299. The third kappa shape index (κ3) is 8.36. The van der Waals surface area contributed by atoms with Crippen LogP contribution in [0.1, 0.15) is 111 Å². The summed E-state index contributed by atoms with van der Waals surface area (Å²) < 4.78 is 2.26. The molecular weight excluding hydrogens is 854 g/mol. The van der Waals surface area contributed by atoms with Crippen molar-refractivity contribution in [3.05, 3.63) is 138 Å². The van der Waals surface area contributed by atoms with Crippen LogP contribution < -0.4 is 0 Å². The van der Waals surface area contributed by atoms with E-state index in [1.165, 1.54) is 11.1 Å². The largest absolute Gasteiger partial charge is 0.507 e. The van der Waals surface area contributed by atoms with Crippen LogP contribution in [0.2, 0.25) is 0 Å². The van der Waals surface area contributed by atoms with Gasteiger partial charge in [-0.3, -0.25) is 9.55 Å². The summed E-state index contributed by atoms with van der Waals surface area (Å²) in [5.41, 5.74) is 12.8. The Hall–Kier alpha value is -4.53. The van der Waals surface area contributed by atoms with E-state index < -0.39 is 0 Å². The minimum Gasteiger partial charge on any atom is -0.507 e. The summed E-state index contributed by atoms with van der Waals surface area (Å²) in [4.78, 5) is 10.2. The Morgan fingerprint density at radius 1 is 0.691 bits per heavy atom. The van der Waals surface area contributed by atoms with Crippen LogP contribution in [-0.2, 0) is 42.7 Å². The molecule has 0 radical (unpaired) electrons. The van der Waals surface area contributed by atoms with Crippen molar-refractivity contribution >= 4 is 16.6 Å². The van der Waals surface area contributed by atoms with Crippen molar-refractivity contribution in [2.45, 2.75) is 105 Å². The number of pyridine rings is 1. The number of aromatic hydroxyl groups is 1. The number of phenolic OH excluding ortho intramolecular Hbond substituents is 1. The van der Waals surface area contributed by atoms with Gasteiger partial charge in [0.05, 0.1) is 16.6 Å². The van der Waals surface area contributed by atoms with Crippen molar-refractivity contribution in [3.63, 3.8) is 0 Å². The molecule has 6 aromatic rings. The van der Waals surface area contributed by atoms with Crippen LogP contribution in [0.4, 0.5) is 0 Å². The van der Waals surface area contributed by atoms with Gasteiger partial charge in [-0.05, 0) is 79.8 Å². The van der Waals surface area contributed by atoms with Gasteiger partial charge in [0.25, 0.3) is 0 Å². The van der Waals surface area contributed by atoms with Gasteiger partial charge in [0, 0.05) is 44.2 Å². The molecule has 5 heteroatoms. The number of hydrogen-bond acceptors (Lipinski definition) is 3. The summed E-state index contributed by atoms with van der Waals surface area (Å²) in [6.07, 6.45) is 3.56. The molecule has 0 saturated heterocycles. The zero-order valence-corrected chi connectivity index (χ0v) is 37.0.